The Balaban J connectivity index is 1.53. The number of carboxylic acids is 1. The number of hydrogen-bond donors (Lipinski definition) is 3. The van der Waals surface area contributed by atoms with Gasteiger partial charge in [-0.3, -0.25) is 9.59 Å². The van der Waals surface area contributed by atoms with Crippen molar-refractivity contribution >= 4 is 52.3 Å². The Kier molecular flexibility index (Phi) is 8.28. The van der Waals surface area contributed by atoms with Gasteiger partial charge in [-0.2, -0.15) is 0 Å². The van der Waals surface area contributed by atoms with Gasteiger partial charge < -0.3 is 20.4 Å². The molecule has 10 heteroatoms. The normalized spacial score (nSPS) is 22.8. The molecule has 2 heterocycles. The zero-order chi connectivity index (χ0) is 27.7. The highest BCUT2D eigenvalue weighted by atomic mass is 35.5. The first-order valence-corrected chi connectivity index (χ1v) is 14.5. The number of carbonyl (C=O) groups excluding carboxylic acids is 2. The van der Waals surface area contributed by atoms with E-state index in [1.54, 1.807) is 59.5 Å². The number of fused-ring (bicyclic) bond motifs is 1. The second-order valence-corrected chi connectivity index (χ2v) is 11.9. The van der Waals surface area contributed by atoms with Crippen molar-refractivity contribution < 1.29 is 24.6 Å². The molecule has 1 saturated carbocycles. The molecule has 2 aliphatic rings. The summed E-state index contributed by atoms with van der Waals surface area (Å²) in [7, 11) is 0. The van der Waals surface area contributed by atoms with Crippen LogP contribution in [-0.2, 0) is 11.2 Å². The van der Waals surface area contributed by atoms with E-state index in [1.165, 1.54) is 11.3 Å². The molecule has 39 heavy (non-hydrogen) atoms. The van der Waals surface area contributed by atoms with Crippen LogP contribution in [0.15, 0.2) is 54.6 Å². The number of aliphatic hydroxyl groups excluding tert-OH is 1. The summed E-state index contributed by atoms with van der Waals surface area (Å²) in [6.45, 7) is 0.290. The first-order valence-electron chi connectivity index (χ1n) is 12.9. The SMILES string of the molecule is O=C(O)c1ccc(CCNC(=O)[C@@H]2c3ccccc3C(=O)N([C@H]3CCCC[C@@H]3O)[C@H]2c2ccc(Cl)cc2Cl)s1. The number of carboxylic acid groups (broad SMARTS) is 1. The molecule has 3 N–H and O–H groups in total. The molecule has 0 saturated heterocycles. The molecule has 204 valence electrons. The predicted molar refractivity (Wildman–Crippen MR) is 151 cm³/mol. The highest BCUT2D eigenvalue weighted by Gasteiger charge is 2.48. The fourth-order valence-corrected chi connectivity index (χ4v) is 7.10. The van der Waals surface area contributed by atoms with Gasteiger partial charge in [0.05, 0.1) is 24.1 Å². The van der Waals surface area contributed by atoms with Crippen molar-refractivity contribution in [2.75, 3.05) is 6.54 Å². The maximum Gasteiger partial charge on any atom is 0.345 e. The predicted octanol–water partition coefficient (Wildman–Crippen LogP) is 5.70. The van der Waals surface area contributed by atoms with E-state index in [-0.39, 0.29) is 23.2 Å². The molecule has 5 rings (SSSR count). The van der Waals surface area contributed by atoms with Gasteiger partial charge in [0, 0.05) is 27.0 Å². The summed E-state index contributed by atoms with van der Waals surface area (Å²) in [5.41, 5.74) is 1.62. The van der Waals surface area contributed by atoms with E-state index in [4.69, 9.17) is 23.2 Å². The van der Waals surface area contributed by atoms with Crippen LogP contribution >= 0.6 is 34.5 Å². The molecule has 0 unspecified atom stereocenters. The number of thiophene rings is 1. The van der Waals surface area contributed by atoms with Crippen LogP contribution in [0.2, 0.25) is 10.0 Å². The molecule has 0 radical (unpaired) electrons. The number of nitrogens with one attached hydrogen (secondary N) is 1. The van der Waals surface area contributed by atoms with Crippen molar-refractivity contribution in [2.24, 2.45) is 0 Å². The lowest BCUT2D eigenvalue weighted by Crippen LogP contribution is -2.55. The van der Waals surface area contributed by atoms with E-state index in [0.29, 0.717) is 46.0 Å². The van der Waals surface area contributed by atoms with Crippen LogP contribution in [0.4, 0.5) is 0 Å². The maximum atomic E-state index is 14.0. The van der Waals surface area contributed by atoms with Crippen molar-refractivity contribution in [1.82, 2.24) is 10.2 Å². The number of aliphatic hydroxyl groups is 1. The van der Waals surface area contributed by atoms with E-state index in [9.17, 15) is 24.6 Å². The number of amides is 2. The quantitative estimate of drug-likeness (QED) is 0.329. The highest BCUT2D eigenvalue weighted by molar-refractivity contribution is 7.13. The maximum absolute atomic E-state index is 14.0. The summed E-state index contributed by atoms with van der Waals surface area (Å²) in [5, 5.41) is 24.0. The molecule has 1 fully saturated rings. The van der Waals surface area contributed by atoms with E-state index >= 15 is 0 Å². The average Bonchev–Trinajstić information content (AvgIpc) is 3.39. The van der Waals surface area contributed by atoms with E-state index in [0.717, 1.165) is 17.7 Å². The standard InChI is InChI=1S/C29H28Cl2N2O5S/c30-16-9-11-20(21(31)15-16)26-25(27(35)32-14-13-17-10-12-24(39-17)29(37)38)18-5-1-2-6-19(18)28(36)33(26)22-7-3-4-8-23(22)34/h1-2,5-6,9-12,15,22-23,25-26,34H,3-4,7-8,13-14H2,(H,32,35)(H,37,38)/t22-,23-,25+,26-/m0/s1. The second kappa shape index (κ2) is 11.7. The highest BCUT2D eigenvalue weighted by Crippen LogP contribution is 2.47. The molecule has 0 spiro atoms. The molecule has 2 amide bonds. The van der Waals surface area contributed by atoms with Gasteiger partial charge in [0.2, 0.25) is 5.91 Å². The Bertz CT molecular complexity index is 1410. The average molecular weight is 588 g/mol. The second-order valence-electron chi connectivity index (χ2n) is 9.92. The smallest absolute Gasteiger partial charge is 0.345 e. The fourth-order valence-electron chi connectivity index (χ4n) is 5.73. The number of aromatic carboxylic acids is 1. The van der Waals surface area contributed by atoms with Crippen molar-refractivity contribution in [3.8, 4) is 0 Å². The Morgan fingerprint density at radius 1 is 1.03 bits per heavy atom. The lowest BCUT2D eigenvalue weighted by molar-refractivity contribution is -0.125. The third-order valence-electron chi connectivity index (χ3n) is 7.53. The van der Waals surface area contributed by atoms with Crippen LogP contribution < -0.4 is 5.32 Å². The number of hydrogen-bond acceptors (Lipinski definition) is 5. The van der Waals surface area contributed by atoms with Gasteiger partial charge in [-0.15, -0.1) is 11.3 Å². The summed E-state index contributed by atoms with van der Waals surface area (Å²) in [6.07, 6.45) is 2.69. The van der Waals surface area contributed by atoms with Crippen molar-refractivity contribution in [3.63, 3.8) is 0 Å². The van der Waals surface area contributed by atoms with Gasteiger partial charge in [-0.1, -0.05) is 60.3 Å². The third-order valence-corrected chi connectivity index (χ3v) is 9.23. The van der Waals surface area contributed by atoms with Crippen LogP contribution in [0.3, 0.4) is 0 Å². The number of carbonyl (C=O) groups is 3. The molecule has 4 atom stereocenters. The third kappa shape index (κ3) is 5.57. The largest absolute Gasteiger partial charge is 0.477 e. The molecule has 7 nitrogen and oxygen atoms in total. The number of benzene rings is 2. The zero-order valence-corrected chi connectivity index (χ0v) is 23.3. The van der Waals surface area contributed by atoms with Gasteiger partial charge in [0.1, 0.15) is 4.88 Å². The van der Waals surface area contributed by atoms with Gasteiger partial charge in [0.25, 0.3) is 5.91 Å². The number of nitrogens with zero attached hydrogens (tertiary/aromatic N) is 1. The molecule has 1 aliphatic carbocycles. The summed E-state index contributed by atoms with van der Waals surface area (Å²) >= 11 is 14.1. The fraction of sp³-hybridized carbons (Fsp3) is 0.345. The first kappa shape index (κ1) is 27.6. The first-order chi connectivity index (χ1) is 18.8. The minimum atomic E-state index is -0.980. The van der Waals surface area contributed by atoms with Gasteiger partial charge in [0.15, 0.2) is 0 Å². The van der Waals surface area contributed by atoms with Gasteiger partial charge >= 0.3 is 5.97 Å². The van der Waals surface area contributed by atoms with Crippen LogP contribution in [-0.4, -0.2) is 51.6 Å². The zero-order valence-electron chi connectivity index (χ0n) is 21.0. The van der Waals surface area contributed by atoms with Gasteiger partial charge in [-0.05, 0) is 60.7 Å². The Labute approximate surface area is 240 Å². The molecular formula is C29H28Cl2N2O5S. The van der Waals surface area contributed by atoms with Crippen molar-refractivity contribution in [1.29, 1.82) is 0 Å². The Morgan fingerprint density at radius 3 is 2.51 bits per heavy atom. The molecule has 0 bridgehead atoms. The molecule has 1 aromatic heterocycles. The van der Waals surface area contributed by atoms with Crippen LogP contribution in [0.1, 0.15) is 73.7 Å². The van der Waals surface area contributed by atoms with Gasteiger partial charge in [-0.25, -0.2) is 4.79 Å². The van der Waals surface area contributed by atoms with Crippen LogP contribution in [0.5, 0.6) is 0 Å². The summed E-state index contributed by atoms with van der Waals surface area (Å²) in [5.74, 6) is -2.29. The number of rotatable bonds is 7. The van der Waals surface area contributed by atoms with E-state index in [1.807, 2.05) is 0 Å². The van der Waals surface area contributed by atoms with E-state index in [2.05, 4.69) is 5.32 Å². The summed E-state index contributed by atoms with van der Waals surface area (Å²) in [6, 6.07) is 14.2. The molecule has 3 aromatic rings. The van der Waals surface area contributed by atoms with Crippen molar-refractivity contribution in [3.05, 3.63) is 91.1 Å². The van der Waals surface area contributed by atoms with Crippen LogP contribution in [0, 0.1) is 0 Å². The summed E-state index contributed by atoms with van der Waals surface area (Å²) in [4.78, 5) is 42.0. The van der Waals surface area contributed by atoms with Crippen molar-refractivity contribution in [2.45, 2.75) is 56.2 Å². The molecule has 2 aromatic carbocycles. The summed E-state index contributed by atoms with van der Waals surface area (Å²) < 4.78 is 0. The lowest BCUT2D eigenvalue weighted by Gasteiger charge is -2.48. The molecular weight excluding hydrogens is 559 g/mol. The Hall–Kier alpha value is -2.91. The minimum Gasteiger partial charge on any atom is -0.477 e. The number of halogens is 2. The monoisotopic (exact) mass is 586 g/mol. The Morgan fingerprint density at radius 2 is 1.79 bits per heavy atom. The van der Waals surface area contributed by atoms with E-state index < -0.39 is 30.1 Å². The minimum absolute atomic E-state index is 0.239. The lowest BCUT2D eigenvalue weighted by atomic mass is 9.76. The molecule has 1 aliphatic heterocycles. The van der Waals surface area contributed by atoms with Crippen LogP contribution in [0.25, 0.3) is 0 Å². The topological polar surface area (TPSA) is 107 Å².